The average Bonchev–Trinajstić information content (AvgIpc) is 3.16. The van der Waals surface area contributed by atoms with Crippen LogP contribution >= 0.6 is 0 Å². The van der Waals surface area contributed by atoms with E-state index in [1.165, 1.54) is 6.08 Å². The number of ether oxygens (including phenoxy) is 3. The zero-order chi connectivity index (χ0) is 34.9. The predicted octanol–water partition coefficient (Wildman–Crippen LogP) is 6.53. The molecule has 2 fully saturated rings. The molecule has 11 nitrogen and oxygen atoms in total. The smallest absolute Gasteiger partial charge is 0.407 e. The van der Waals surface area contributed by atoms with Crippen LogP contribution in [0, 0.1) is 10.1 Å². The van der Waals surface area contributed by atoms with Crippen molar-refractivity contribution in [2.75, 3.05) is 44.2 Å². The lowest BCUT2D eigenvalue weighted by Gasteiger charge is -2.41. The van der Waals surface area contributed by atoms with E-state index in [0.29, 0.717) is 13.0 Å². The van der Waals surface area contributed by atoms with E-state index in [2.05, 4.69) is 21.7 Å². The first-order valence-corrected chi connectivity index (χ1v) is 16.8. The molecule has 0 radical (unpaired) electrons. The van der Waals surface area contributed by atoms with Gasteiger partial charge in [-0.3, -0.25) is 15.0 Å². The van der Waals surface area contributed by atoms with Gasteiger partial charge in [0, 0.05) is 69.1 Å². The highest BCUT2D eigenvalue weighted by Crippen LogP contribution is 2.39. The molecule has 0 aliphatic carbocycles. The molecule has 4 aromatic carbocycles. The number of anilines is 1. The van der Waals surface area contributed by atoms with Gasteiger partial charge in [0.2, 0.25) is 0 Å². The van der Waals surface area contributed by atoms with Crippen molar-refractivity contribution >= 4 is 17.5 Å². The maximum Gasteiger partial charge on any atom is 0.407 e. The summed E-state index contributed by atoms with van der Waals surface area (Å²) >= 11 is 0. The third-order valence-electron chi connectivity index (χ3n) is 9.14. The van der Waals surface area contributed by atoms with Crippen LogP contribution in [0.5, 0.6) is 0 Å². The number of carbonyl (C=O) groups is 1. The topological polar surface area (TPSA) is 127 Å². The summed E-state index contributed by atoms with van der Waals surface area (Å²) in [6, 6.07) is 30.7. The summed E-state index contributed by atoms with van der Waals surface area (Å²) in [5.41, 5.74) is 6.82. The van der Waals surface area contributed by atoms with Crippen molar-refractivity contribution in [3.05, 3.63) is 142 Å². The summed E-state index contributed by atoms with van der Waals surface area (Å²) in [5.74, 6) is 0. The lowest BCUT2D eigenvalue weighted by molar-refractivity contribution is -0.384. The molecule has 0 saturated carbocycles. The van der Waals surface area contributed by atoms with Crippen molar-refractivity contribution in [1.82, 2.24) is 10.2 Å². The minimum Gasteiger partial charge on any atom is -0.445 e. The summed E-state index contributed by atoms with van der Waals surface area (Å²) in [6.07, 6.45) is 0.852. The number of piperazine rings is 1. The number of hydrogen-bond donors (Lipinski definition) is 2. The number of carbonyl (C=O) groups excluding carboxylic acids is 1. The summed E-state index contributed by atoms with van der Waals surface area (Å²) in [4.78, 5) is 27.4. The van der Waals surface area contributed by atoms with E-state index in [1.54, 1.807) is 12.1 Å². The van der Waals surface area contributed by atoms with Crippen molar-refractivity contribution in [3.63, 3.8) is 0 Å². The van der Waals surface area contributed by atoms with Gasteiger partial charge in [0.1, 0.15) is 6.61 Å². The van der Waals surface area contributed by atoms with Crippen LogP contribution in [0.1, 0.15) is 41.1 Å². The number of non-ortho nitro benzene ring substituents is 1. The molecule has 1 amide bonds. The number of nitrogens with one attached hydrogen (secondary N) is 1. The maximum atomic E-state index is 12.0. The van der Waals surface area contributed by atoms with E-state index in [1.807, 2.05) is 84.9 Å². The van der Waals surface area contributed by atoms with Gasteiger partial charge in [0.25, 0.3) is 5.69 Å². The maximum absolute atomic E-state index is 12.0. The SMILES string of the molecule is C=CCOC(=O)NCc1ccccc1-c1ccc(C2OC(CN3CCN(c4ccc([N+](=O)[O-])cc4)CC3)CC(c3ccc(CO)cc3)O2)cc1. The molecular weight excluding hydrogens is 636 g/mol. The first kappa shape index (κ1) is 34.8. The second-order valence-corrected chi connectivity index (χ2v) is 12.4. The Bertz CT molecular complexity index is 1740. The van der Waals surface area contributed by atoms with Crippen LogP contribution in [0.2, 0.25) is 0 Å². The van der Waals surface area contributed by atoms with Crippen LogP contribution in [0.25, 0.3) is 11.1 Å². The van der Waals surface area contributed by atoms with Gasteiger partial charge in [0.15, 0.2) is 6.29 Å². The number of aliphatic hydroxyl groups excluding tert-OH is 1. The third kappa shape index (κ3) is 8.74. The Morgan fingerprint density at radius 1 is 0.940 bits per heavy atom. The van der Waals surface area contributed by atoms with Gasteiger partial charge in [-0.1, -0.05) is 85.5 Å². The Morgan fingerprint density at radius 3 is 2.32 bits per heavy atom. The Hall–Kier alpha value is -5.07. The minimum atomic E-state index is -0.580. The Morgan fingerprint density at radius 2 is 1.64 bits per heavy atom. The Balaban J connectivity index is 1.14. The normalized spacial score (nSPS) is 19.5. The number of alkyl carbamates (subject to hydrolysis) is 1. The minimum absolute atomic E-state index is 0.0169. The molecule has 4 aromatic rings. The van der Waals surface area contributed by atoms with Crippen molar-refractivity contribution in [3.8, 4) is 11.1 Å². The van der Waals surface area contributed by atoms with Gasteiger partial charge < -0.3 is 29.5 Å². The summed E-state index contributed by atoms with van der Waals surface area (Å²) < 4.78 is 18.3. The molecule has 2 aliphatic heterocycles. The molecule has 11 heteroatoms. The van der Waals surface area contributed by atoms with Crippen LogP contribution < -0.4 is 10.2 Å². The molecule has 0 spiro atoms. The number of nitrogens with zero attached hydrogens (tertiary/aromatic N) is 3. The van der Waals surface area contributed by atoms with Crippen molar-refractivity contribution in [2.24, 2.45) is 0 Å². The highest BCUT2D eigenvalue weighted by Gasteiger charge is 2.34. The van der Waals surface area contributed by atoms with E-state index >= 15 is 0 Å². The first-order chi connectivity index (χ1) is 24.4. The van der Waals surface area contributed by atoms with Gasteiger partial charge in [0.05, 0.1) is 23.7 Å². The van der Waals surface area contributed by atoms with E-state index in [-0.39, 0.29) is 36.0 Å². The molecule has 2 aliphatic rings. The van der Waals surface area contributed by atoms with Crippen LogP contribution in [0.3, 0.4) is 0 Å². The van der Waals surface area contributed by atoms with E-state index in [0.717, 1.165) is 71.8 Å². The summed E-state index contributed by atoms with van der Waals surface area (Å²) in [6.45, 7) is 8.07. The molecular formula is C39H42N4O7. The molecule has 2 saturated heterocycles. The molecule has 0 bridgehead atoms. The molecule has 3 atom stereocenters. The molecule has 0 aromatic heterocycles. The zero-order valence-electron chi connectivity index (χ0n) is 27.9. The number of aliphatic hydroxyl groups is 1. The first-order valence-electron chi connectivity index (χ1n) is 16.8. The second-order valence-electron chi connectivity index (χ2n) is 12.4. The number of amides is 1. The van der Waals surface area contributed by atoms with Gasteiger partial charge >= 0.3 is 6.09 Å². The largest absolute Gasteiger partial charge is 0.445 e. The molecule has 3 unspecified atom stereocenters. The van der Waals surface area contributed by atoms with Crippen LogP contribution in [-0.2, 0) is 27.4 Å². The highest BCUT2D eigenvalue weighted by molar-refractivity contribution is 5.70. The van der Waals surface area contributed by atoms with E-state index in [4.69, 9.17) is 14.2 Å². The Labute approximate surface area is 291 Å². The van der Waals surface area contributed by atoms with Crippen LogP contribution in [-0.4, -0.2) is 66.5 Å². The third-order valence-corrected chi connectivity index (χ3v) is 9.14. The van der Waals surface area contributed by atoms with E-state index < -0.39 is 12.4 Å². The molecule has 2 N–H and O–H groups in total. The van der Waals surface area contributed by atoms with Gasteiger partial charge in [-0.15, -0.1) is 0 Å². The molecule has 50 heavy (non-hydrogen) atoms. The molecule has 260 valence electrons. The Kier molecular flexibility index (Phi) is 11.5. The van der Waals surface area contributed by atoms with Gasteiger partial charge in [-0.25, -0.2) is 4.79 Å². The summed E-state index contributed by atoms with van der Waals surface area (Å²) in [7, 11) is 0. The van der Waals surface area contributed by atoms with Crippen LogP contribution in [0.15, 0.2) is 110 Å². The molecule has 2 heterocycles. The second kappa shape index (κ2) is 16.6. The summed E-state index contributed by atoms with van der Waals surface area (Å²) in [5, 5.41) is 23.4. The van der Waals surface area contributed by atoms with Gasteiger partial charge in [-0.05, 0) is 39.9 Å². The number of nitro benzene ring substituents is 1. The van der Waals surface area contributed by atoms with Crippen LogP contribution in [0.4, 0.5) is 16.2 Å². The number of rotatable bonds is 12. The van der Waals surface area contributed by atoms with Gasteiger partial charge in [-0.2, -0.15) is 0 Å². The van der Waals surface area contributed by atoms with Crippen molar-refractivity contribution in [2.45, 2.75) is 38.1 Å². The number of benzene rings is 4. The lowest BCUT2D eigenvalue weighted by Crippen LogP contribution is -2.49. The zero-order valence-corrected chi connectivity index (χ0v) is 27.9. The van der Waals surface area contributed by atoms with Crippen molar-refractivity contribution < 1.29 is 29.0 Å². The van der Waals surface area contributed by atoms with Crippen molar-refractivity contribution in [1.29, 1.82) is 0 Å². The standard InChI is InChI=1S/C39H42N4O7/c1-2-23-48-39(45)40-25-32-5-3-4-6-36(32)29-11-13-31(14-12-29)38-49-35(24-37(50-38)30-9-7-28(27-44)8-10-30)26-41-19-21-42(22-20-41)33-15-17-34(18-16-33)43(46)47/h2-18,35,37-38,44H,1,19-27H2,(H,40,45). The monoisotopic (exact) mass is 678 g/mol. The quantitative estimate of drug-likeness (QED) is 0.0977. The number of nitro groups is 1. The average molecular weight is 679 g/mol. The highest BCUT2D eigenvalue weighted by atomic mass is 16.7. The lowest BCUT2D eigenvalue weighted by atomic mass is 9.97. The fourth-order valence-electron chi connectivity index (χ4n) is 6.42. The predicted molar refractivity (Wildman–Crippen MR) is 190 cm³/mol. The molecule has 6 rings (SSSR count). The number of hydrogen-bond acceptors (Lipinski definition) is 9. The fourth-order valence-corrected chi connectivity index (χ4v) is 6.42. The fraction of sp³-hybridized carbons (Fsp3) is 0.308. The van der Waals surface area contributed by atoms with E-state index in [9.17, 15) is 20.0 Å².